The van der Waals surface area contributed by atoms with Crippen LogP contribution in [0.4, 0.5) is 5.69 Å². The van der Waals surface area contributed by atoms with Crippen LogP contribution in [0.25, 0.3) is 22.5 Å². The number of aliphatic hydroxyl groups is 1. The van der Waals surface area contributed by atoms with Crippen LogP contribution in [0.1, 0.15) is 55.6 Å². The second kappa shape index (κ2) is 8.26. The minimum atomic E-state index is -3.02. The number of aromatic nitrogens is 4. The molecule has 3 aromatic rings. The largest absolute Gasteiger partial charge is 0.390 e. The van der Waals surface area contributed by atoms with Crippen LogP contribution >= 0.6 is 0 Å². The van der Waals surface area contributed by atoms with Gasteiger partial charge in [-0.15, -0.1) is 0 Å². The fourth-order valence-corrected chi connectivity index (χ4v) is 8.91. The quantitative estimate of drug-likeness (QED) is 0.390. The molecule has 4 heterocycles. The number of fused-ring (bicyclic) bond motifs is 1. The Hall–Kier alpha value is -2.99. The minimum absolute atomic E-state index is 0.0636. The summed E-state index contributed by atoms with van der Waals surface area (Å²) in [6, 6.07) is 1.95. The zero-order chi connectivity index (χ0) is 25.4. The molecule has 1 amide bonds. The molecule has 4 N–H and O–H groups in total. The smallest absolute Gasteiger partial charge is 0.292 e. The molecule has 4 saturated carbocycles. The van der Waals surface area contributed by atoms with Gasteiger partial charge in [0.1, 0.15) is 15.5 Å². The van der Waals surface area contributed by atoms with Crippen molar-refractivity contribution in [3.8, 4) is 11.5 Å². The number of H-pyrrole nitrogens is 1. The molecule has 1 aliphatic heterocycles. The van der Waals surface area contributed by atoms with Crippen LogP contribution in [0.2, 0.25) is 0 Å². The highest BCUT2D eigenvalue weighted by Crippen LogP contribution is 2.56. The maximum Gasteiger partial charge on any atom is 0.292 e. The Balaban J connectivity index is 1.16. The van der Waals surface area contributed by atoms with Crippen LogP contribution in [0, 0.1) is 17.8 Å². The Kier molecular flexibility index (Phi) is 5.17. The van der Waals surface area contributed by atoms with Gasteiger partial charge in [0.25, 0.3) is 17.6 Å². The van der Waals surface area contributed by atoms with Crippen LogP contribution < -0.4 is 10.6 Å². The van der Waals surface area contributed by atoms with E-state index in [9.17, 15) is 18.3 Å². The second-order valence-corrected chi connectivity index (χ2v) is 13.8. The number of carbonyl (C=O) groups excluding carboxylic acids is 1. The van der Waals surface area contributed by atoms with Gasteiger partial charge in [0.15, 0.2) is 0 Å². The third-order valence-corrected chi connectivity index (χ3v) is 10.6. The van der Waals surface area contributed by atoms with Crippen molar-refractivity contribution < 1.29 is 22.8 Å². The molecule has 37 heavy (non-hydrogen) atoms. The highest BCUT2D eigenvalue weighted by atomic mass is 32.2. The molecule has 0 spiro atoms. The lowest BCUT2D eigenvalue weighted by Crippen LogP contribution is -2.59. The molecule has 5 aliphatic rings. The van der Waals surface area contributed by atoms with E-state index in [1.807, 2.05) is 12.3 Å². The number of hydrogen-bond donors (Lipinski definition) is 4. The predicted octanol–water partition coefficient (Wildman–Crippen LogP) is 2.27. The Morgan fingerprint density at radius 1 is 1.16 bits per heavy atom. The summed E-state index contributed by atoms with van der Waals surface area (Å²) in [5, 5.41) is 22.5. The Bertz CT molecular complexity index is 1450. The van der Waals surface area contributed by atoms with Gasteiger partial charge in [-0.25, -0.2) is 13.4 Å². The minimum Gasteiger partial charge on any atom is -0.390 e. The zero-order valence-corrected chi connectivity index (χ0v) is 21.1. The Morgan fingerprint density at radius 2 is 1.92 bits per heavy atom. The monoisotopic (exact) mass is 526 g/mol. The topological polar surface area (TPSA) is 163 Å². The number of aromatic amines is 1. The fraction of sp³-hybridized carbons (Fsp3) is 0.600. The molecule has 0 aromatic carbocycles. The van der Waals surface area contributed by atoms with Gasteiger partial charge >= 0.3 is 0 Å². The van der Waals surface area contributed by atoms with Crippen LogP contribution in [0.5, 0.6) is 0 Å². The highest BCUT2D eigenvalue weighted by Gasteiger charge is 2.54. The van der Waals surface area contributed by atoms with E-state index < -0.39 is 21.3 Å². The van der Waals surface area contributed by atoms with Crippen molar-refractivity contribution in [3.63, 3.8) is 0 Å². The number of nitrogens with one attached hydrogen (secondary N) is 3. The highest BCUT2D eigenvalue weighted by molar-refractivity contribution is 7.91. The van der Waals surface area contributed by atoms with Gasteiger partial charge in [-0.1, -0.05) is 5.16 Å². The summed E-state index contributed by atoms with van der Waals surface area (Å²) in [5.74, 6) is 1.13. The number of rotatable bonds is 5. The van der Waals surface area contributed by atoms with E-state index in [4.69, 9.17) is 4.52 Å². The Labute approximate surface area is 213 Å². The number of amides is 1. The maximum atomic E-state index is 12.8. The molecule has 11 nitrogen and oxygen atoms in total. The molecule has 5 fully saturated rings. The summed E-state index contributed by atoms with van der Waals surface area (Å²) in [7, 11) is -3.02. The Morgan fingerprint density at radius 3 is 2.65 bits per heavy atom. The number of sulfone groups is 1. The number of nitrogens with zero attached hydrogens (tertiary/aromatic N) is 3. The average Bonchev–Trinajstić information content (AvgIpc) is 3.52. The lowest BCUT2D eigenvalue weighted by Gasteiger charge is -2.58. The van der Waals surface area contributed by atoms with Gasteiger partial charge in [0.05, 0.1) is 28.4 Å². The zero-order valence-electron chi connectivity index (χ0n) is 20.3. The van der Waals surface area contributed by atoms with Crippen LogP contribution in [-0.4, -0.2) is 68.7 Å². The van der Waals surface area contributed by atoms with Crippen LogP contribution in [0.3, 0.4) is 0 Å². The first-order valence-corrected chi connectivity index (χ1v) is 14.9. The lowest BCUT2D eigenvalue weighted by atomic mass is 9.52. The predicted molar refractivity (Wildman–Crippen MR) is 134 cm³/mol. The molecule has 8 rings (SSSR count). The first-order chi connectivity index (χ1) is 17.8. The first kappa shape index (κ1) is 23.2. The van der Waals surface area contributed by atoms with Crippen LogP contribution in [0.15, 0.2) is 23.0 Å². The third kappa shape index (κ3) is 4.10. The molecular formula is C25H30N6O5S. The van der Waals surface area contributed by atoms with Crippen molar-refractivity contribution in [2.75, 3.05) is 16.8 Å². The molecule has 0 radical (unpaired) electrons. The molecule has 4 bridgehead atoms. The summed E-state index contributed by atoms with van der Waals surface area (Å²) in [4.78, 5) is 24.8. The maximum absolute atomic E-state index is 12.8. The van der Waals surface area contributed by atoms with Crippen molar-refractivity contribution in [1.29, 1.82) is 0 Å². The van der Waals surface area contributed by atoms with E-state index in [0.717, 1.165) is 48.8 Å². The summed E-state index contributed by atoms with van der Waals surface area (Å²) < 4.78 is 28.9. The van der Waals surface area contributed by atoms with Gasteiger partial charge in [-0.2, -0.15) is 4.98 Å². The number of carbonyl (C=O) groups is 1. The van der Waals surface area contributed by atoms with Gasteiger partial charge in [-0.05, 0) is 68.8 Å². The summed E-state index contributed by atoms with van der Waals surface area (Å²) >= 11 is 0. The molecule has 3 aromatic heterocycles. The molecule has 5 atom stereocenters. The van der Waals surface area contributed by atoms with Crippen molar-refractivity contribution in [1.82, 2.24) is 25.4 Å². The van der Waals surface area contributed by atoms with Gasteiger partial charge < -0.3 is 25.2 Å². The van der Waals surface area contributed by atoms with Gasteiger partial charge in [0.2, 0.25) is 0 Å². The summed E-state index contributed by atoms with van der Waals surface area (Å²) in [6.45, 7) is 0. The summed E-state index contributed by atoms with van der Waals surface area (Å²) in [5.41, 5.74) is 1.67. The van der Waals surface area contributed by atoms with Gasteiger partial charge in [0, 0.05) is 29.9 Å². The van der Waals surface area contributed by atoms with E-state index in [2.05, 4.69) is 30.7 Å². The van der Waals surface area contributed by atoms with E-state index in [1.165, 1.54) is 0 Å². The van der Waals surface area contributed by atoms with E-state index in [1.54, 1.807) is 6.20 Å². The van der Waals surface area contributed by atoms with Crippen molar-refractivity contribution in [2.45, 2.75) is 62.6 Å². The first-order valence-electron chi connectivity index (χ1n) is 13.1. The third-order valence-electron chi connectivity index (χ3n) is 8.89. The molecule has 4 aliphatic carbocycles. The number of hydrogen-bond acceptors (Lipinski definition) is 9. The normalized spacial score (nSPS) is 32.6. The van der Waals surface area contributed by atoms with Crippen molar-refractivity contribution in [2.24, 2.45) is 17.8 Å². The lowest BCUT2D eigenvalue weighted by molar-refractivity contribution is -0.129. The molecular weight excluding hydrogens is 496 g/mol. The van der Waals surface area contributed by atoms with E-state index in [0.29, 0.717) is 36.2 Å². The van der Waals surface area contributed by atoms with Crippen molar-refractivity contribution in [3.05, 3.63) is 24.3 Å². The fourth-order valence-electron chi connectivity index (χ4n) is 7.42. The standard InChI is InChI=1S/C25H30N6O5S/c32-23(28-16-2-5-37(34,35)6-3-16)22-30-24(36-31-22)18-12-27-21-17(1-4-26-21)20(18)29-19-14-7-13-8-15(19)11-25(33,9-13)10-14/h1,4,12-16,19,33H,2-3,5-11H2,(H,28,32)(H2,26,27,29)/t13?,14-,15+,19+,25-. The SMILES string of the molecule is O=C(NC1CCS(=O)(=O)CC1)c1noc(-c2cnc3[nH]ccc3c2N[C@H]2[C@@H]3CC4C[C@H]2C[C@@](O)(C4)C3)n1. The number of pyridine rings is 1. The van der Waals surface area contributed by atoms with Crippen LogP contribution in [-0.2, 0) is 9.84 Å². The van der Waals surface area contributed by atoms with E-state index >= 15 is 0 Å². The van der Waals surface area contributed by atoms with Crippen molar-refractivity contribution >= 4 is 32.5 Å². The summed E-state index contributed by atoms with van der Waals surface area (Å²) in [6.07, 6.45) is 9.08. The van der Waals surface area contributed by atoms with Gasteiger partial charge in [-0.3, -0.25) is 4.79 Å². The molecule has 1 saturated heterocycles. The number of anilines is 1. The molecule has 196 valence electrons. The molecule has 12 heteroatoms. The second-order valence-electron chi connectivity index (χ2n) is 11.5. The van der Waals surface area contributed by atoms with E-state index in [-0.39, 0.29) is 35.3 Å². The molecule has 1 unspecified atom stereocenters. The average molecular weight is 527 g/mol.